The van der Waals surface area contributed by atoms with E-state index in [9.17, 15) is 0 Å². The largest absolute Gasteiger partial charge is 0.485 e. The molecule has 0 saturated carbocycles. The molecular weight excluding hydrogens is 272 g/mol. The van der Waals surface area contributed by atoms with Crippen molar-refractivity contribution < 1.29 is 18.9 Å². The van der Waals surface area contributed by atoms with Gasteiger partial charge in [0.1, 0.15) is 26.4 Å². The van der Waals surface area contributed by atoms with Gasteiger partial charge in [-0.25, -0.2) is 0 Å². The van der Waals surface area contributed by atoms with Gasteiger partial charge in [0, 0.05) is 21.5 Å². The molecule has 0 amide bonds. The van der Waals surface area contributed by atoms with Crippen LogP contribution in [0.25, 0.3) is 0 Å². The average Bonchev–Trinajstić information content (AvgIpc) is 3.08. The van der Waals surface area contributed by atoms with Gasteiger partial charge in [-0.15, -0.1) is 22.7 Å². The predicted molar refractivity (Wildman–Crippen MR) is 70.6 cm³/mol. The first-order valence-corrected chi connectivity index (χ1v) is 7.45. The molecule has 0 atom stereocenters. The molecule has 0 bridgehead atoms. The van der Waals surface area contributed by atoms with Crippen LogP contribution in [0.2, 0.25) is 0 Å². The Bertz CT molecular complexity index is 418. The maximum Gasteiger partial charge on any atom is 0.172 e. The minimum absolute atomic E-state index is 0.684. The minimum atomic E-state index is 0.684. The molecule has 96 valence electrons. The summed E-state index contributed by atoms with van der Waals surface area (Å²) in [5.74, 6) is 3.58. The first-order chi connectivity index (χ1) is 8.93. The van der Waals surface area contributed by atoms with E-state index in [-0.39, 0.29) is 0 Å². The number of hydrogen-bond donors (Lipinski definition) is 0. The second kappa shape index (κ2) is 5.49. The van der Waals surface area contributed by atoms with Crippen LogP contribution in [0.5, 0.6) is 23.0 Å². The summed E-state index contributed by atoms with van der Waals surface area (Å²) in [6.07, 6.45) is 0. The molecular formula is C12H12O4S2. The van der Waals surface area contributed by atoms with Crippen molar-refractivity contribution in [3.8, 4) is 23.0 Å². The van der Waals surface area contributed by atoms with E-state index in [0.29, 0.717) is 26.4 Å². The van der Waals surface area contributed by atoms with Crippen molar-refractivity contribution in [1.82, 2.24) is 0 Å². The number of hydrogen-bond acceptors (Lipinski definition) is 6. The molecule has 4 nitrogen and oxygen atoms in total. The van der Waals surface area contributed by atoms with Gasteiger partial charge in [-0.2, -0.15) is 0 Å². The molecule has 0 unspecified atom stereocenters. The van der Waals surface area contributed by atoms with Crippen LogP contribution in [-0.2, 0) is 0 Å². The lowest BCUT2D eigenvalue weighted by Gasteiger charge is -2.13. The third kappa shape index (κ3) is 2.54. The van der Waals surface area contributed by atoms with E-state index in [0.717, 1.165) is 23.0 Å². The molecule has 2 aliphatic rings. The van der Waals surface area contributed by atoms with Gasteiger partial charge in [-0.05, 0) is 0 Å². The predicted octanol–water partition coefficient (Wildman–Crippen LogP) is 3.04. The summed E-state index contributed by atoms with van der Waals surface area (Å²) in [7, 11) is 0. The SMILES string of the molecule is c1scc2c1OCCO2.c1scc2c1OCCO2. The van der Waals surface area contributed by atoms with Crippen LogP contribution >= 0.6 is 22.7 Å². The fourth-order valence-electron chi connectivity index (χ4n) is 1.57. The Balaban J connectivity index is 0.000000111. The van der Waals surface area contributed by atoms with Crippen molar-refractivity contribution in [2.24, 2.45) is 0 Å². The number of rotatable bonds is 0. The topological polar surface area (TPSA) is 36.9 Å². The molecule has 18 heavy (non-hydrogen) atoms. The summed E-state index contributed by atoms with van der Waals surface area (Å²) in [5, 5.41) is 7.81. The Morgan fingerprint density at radius 3 is 1.11 bits per heavy atom. The van der Waals surface area contributed by atoms with Gasteiger partial charge in [-0.3, -0.25) is 0 Å². The summed E-state index contributed by atoms with van der Waals surface area (Å²) >= 11 is 3.21. The molecule has 0 N–H and O–H groups in total. The van der Waals surface area contributed by atoms with Gasteiger partial charge in [0.05, 0.1) is 0 Å². The molecule has 0 radical (unpaired) electrons. The van der Waals surface area contributed by atoms with Gasteiger partial charge >= 0.3 is 0 Å². The number of thiophene rings is 2. The van der Waals surface area contributed by atoms with Crippen LogP contribution in [-0.4, -0.2) is 26.4 Å². The minimum Gasteiger partial charge on any atom is -0.485 e. The average molecular weight is 284 g/mol. The highest BCUT2D eigenvalue weighted by atomic mass is 32.1. The van der Waals surface area contributed by atoms with E-state index in [1.54, 1.807) is 22.7 Å². The van der Waals surface area contributed by atoms with Gasteiger partial charge in [0.2, 0.25) is 0 Å². The van der Waals surface area contributed by atoms with Crippen LogP contribution in [0.3, 0.4) is 0 Å². The van der Waals surface area contributed by atoms with Crippen molar-refractivity contribution in [2.45, 2.75) is 0 Å². The van der Waals surface area contributed by atoms with Crippen LogP contribution < -0.4 is 18.9 Å². The Morgan fingerprint density at radius 1 is 0.556 bits per heavy atom. The Morgan fingerprint density at radius 2 is 0.833 bits per heavy atom. The zero-order valence-corrected chi connectivity index (χ0v) is 11.2. The number of ether oxygens (including phenoxy) is 4. The van der Waals surface area contributed by atoms with Crippen molar-refractivity contribution in [3.05, 3.63) is 21.5 Å². The molecule has 2 aliphatic heterocycles. The third-order valence-corrected chi connectivity index (χ3v) is 3.78. The zero-order valence-electron chi connectivity index (χ0n) is 9.59. The third-order valence-electron chi connectivity index (χ3n) is 2.38. The summed E-state index contributed by atoms with van der Waals surface area (Å²) in [4.78, 5) is 0. The first-order valence-electron chi connectivity index (χ1n) is 5.57. The van der Waals surface area contributed by atoms with E-state index in [1.165, 1.54) is 0 Å². The summed E-state index contributed by atoms with van der Waals surface area (Å²) in [6.45, 7) is 2.74. The molecule has 4 heterocycles. The summed E-state index contributed by atoms with van der Waals surface area (Å²) < 4.78 is 21.0. The van der Waals surface area contributed by atoms with Crippen molar-refractivity contribution in [1.29, 1.82) is 0 Å². The van der Waals surface area contributed by atoms with Gasteiger partial charge in [-0.1, -0.05) is 0 Å². The normalized spacial score (nSPS) is 15.6. The molecule has 0 saturated heterocycles. The smallest absolute Gasteiger partial charge is 0.172 e. The lowest BCUT2D eigenvalue weighted by Crippen LogP contribution is -2.13. The molecule has 0 aromatic carbocycles. The van der Waals surface area contributed by atoms with Crippen LogP contribution in [0.15, 0.2) is 21.5 Å². The van der Waals surface area contributed by atoms with Crippen molar-refractivity contribution >= 4 is 22.7 Å². The highest BCUT2D eigenvalue weighted by Crippen LogP contribution is 2.33. The summed E-state index contributed by atoms with van der Waals surface area (Å²) in [5.41, 5.74) is 0. The quantitative estimate of drug-likeness (QED) is 0.745. The maximum atomic E-state index is 5.25. The molecule has 0 aliphatic carbocycles. The zero-order chi connectivity index (χ0) is 12.2. The molecule has 0 fully saturated rings. The van der Waals surface area contributed by atoms with Crippen LogP contribution in [0, 0.1) is 0 Å². The molecule has 0 spiro atoms. The standard InChI is InChI=1S/2C6H6O2S/c2*1-2-8-6-4-9-3-5(6)7-1/h2*3-4H,1-2H2. The number of fused-ring (bicyclic) bond motifs is 2. The second-order valence-corrected chi connectivity index (χ2v) is 5.08. The van der Waals surface area contributed by atoms with E-state index in [1.807, 2.05) is 21.5 Å². The van der Waals surface area contributed by atoms with Gasteiger partial charge in [0.25, 0.3) is 0 Å². The monoisotopic (exact) mass is 284 g/mol. The second-order valence-electron chi connectivity index (χ2n) is 3.59. The maximum absolute atomic E-state index is 5.25. The fourth-order valence-corrected chi connectivity index (χ4v) is 2.94. The molecule has 2 aromatic rings. The highest BCUT2D eigenvalue weighted by molar-refractivity contribution is 7.08. The Kier molecular flexibility index (Phi) is 3.56. The van der Waals surface area contributed by atoms with Crippen molar-refractivity contribution in [2.75, 3.05) is 26.4 Å². The molecule has 6 heteroatoms. The summed E-state index contributed by atoms with van der Waals surface area (Å²) in [6, 6.07) is 0. The van der Waals surface area contributed by atoms with Crippen molar-refractivity contribution in [3.63, 3.8) is 0 Å². The van der Waals surface area contributed by atoms with Crippen LogP contribution in [0.1, 0.15) is 0 Å². The first kappa shape index (κ1) is 11.7. The Labute approximate surface area is 113 Å². The lowest BCUT2D eigenvalue weighted by molar-refractivity contribution is 0.173. The fraction of sp³-hybridized carbons (Fsp3) is 0.333. The van der Waals surface area contributed by atoms with E-state index in [2.05, 4.69) is 0 Å². The van der Waals surface area contributed by atoms with E-state index >= 15 is 0 Å². The molecule has 4 rings (SSSR count). The van der Waals surface area contributed by atoms with E-state index in [4.69, 9.17) is 18.9 Å². The highest BCUT2D eigenvalue weighted by Gasteiger charge is 2.11. The van der Waals surface area contributed by atoms with Gasteiger partial charge in [0.15, 0.2) is 23.0 Å². The van der Waals surface area contributed by atoms with E-state index < -0.39 is 0 Å². The Hall–Kier alpha value is -1.40. The molecule has 2 aromatic heterocycles. The van der Waals surface area contributed by atoms with Gasteiger partial charge < -0.3 is 18.9 Å². The lowest BCUT2D eigenvalue weighted by atomic mass is 10.5. The van der Waals surface area contributed by atoms with Crippen LogP contribution in [0.4, 0.5) is 0 Å².